The van der Waals surface area contributed by atoms with E-state index in [2.05, 4.69) is 6.92 Å². The van der Waals surface area contributed by atoms with Gasteiger partial charge < -0.3 is 14.2 Å². The van der Waals surface area contributed by atoms with Gasteiger partial charge in [0.2, 0.25) is 0 Å². The Morgan fingerprint density at radius 2 is 1.44 bits per heavy atom. The predicted octanol–water partition coefficient (Wildman–Crippen LogP) is 5.30. The first kappa shape index (κ1) is 23.2. The van der Waals surface area contributed by atoms with Crippen molar-refractivity contribution in [2.75, 3.05) is 13.2 Å². The van der Waals surface area contributed by atoms with Crippen LogP contribution < -0.4 is 0 Å². The van der Waals surface area contributed by atoms with Crippen LogP contribution >= 0.6 is 0 Å². The largest absolute Gasteiger partial charge is 0.461 e. The maximum absolute atomic E-state index is 13.3. The highest BCUT2D eigenvalue weighted by Crippen LogP contribution is 2.63. The molecule has 0 radical (unpaired) electrons. The predicted molar refractivity (Wildman–Crippen MR) is 119 cm³/mol. The van der Waals surface area contributed by atoms with E-state index in [1.165, 1.54) is 32.1 Å². The number of hydrogen-bond acceptors (Lipinski definition) is 5. The topological polar surface area (TPSA) is 61.8 Å². The van der Waals surface area contributed by atoms with E-state index in [1.807, 2.05) is 0 Å². The van der Waals surface area contributed by atoms with Crippen molar-refractivity contribution in [2.24, 2.45) is 40.9 Å². The summed E-state index contributed by atoms with van der Waals surface area (Å²) in [5.74, 6) is -1.76. The second-order valence-electron chi connectivity index (χ2n) is 13.4. The van der Waals surface area contributed by atoms with Crippen LogP contribution in [0.5, 0.6) is 0 Å². The molecule has 8 aliphatic carbocycles. The van der Waals surface area contributed by atoms with Crippen molar-refractivity contribution in [3.63, 3.8) is 0 Å². The Bertz CT molecular complexity index is 822. The minimum absolute atomic E-state index is 0.0155. The molecule has 8 saturated carbocycles. The van der Waals surface area contributed by atoms with E-state index in [0.717, 1.165) is 43.9 Å². The van der Waals surface area contributed by atoms with Crippen molar-refractivity contribution < 1.29 is 32.6 Å². The minimum atomic E-state index is -3.48. The van der Waals surface area contributed by atoms with E-state index in [0.29, 0.717) is 37.0 Å². The molecule has 0 saturated heterocycles. The fraction of sp³-hybridized carbons (Fsp3) is 0.926. The molecule has 0 heterocycles. The van der Waals surface area contributed by atoms with Gasteiger partial charge in [-0.2, -0.15) is 8.78 Å². The van der Waals surface area contributed by atoms with Crippen LogP contribution in [-0.2, 0) is 23.8 Å². The van der Waals surface area contributed by atoms with Crippen LogP contribution in [0.2, 0.25) is 0 Å². The highest BCUT2D eigenvalue weighted by molar-refractivity contribution is 5.76. The van der Waals surface area contributed by atoms with Crippen molar-refractivity contribution in [1.82, 2.24) is 0 Å². The molecule has 2 atom stereocenters. The molecule has 0 aliphatic heterocycles. The number of hydrogen-bond donors (Lipinski definition) is 0. The molecule has 34 heavy (non-hydrogen) atoms. The normalized spacial score (nSPS) is 48.2. The molecule has 8 bridgehead atoms. The lowest BCUT2D eigenvalue weighted by Gasteiger charge is -2.61. The molecule has 2 unspecified atom stereocenters. The van der Waals surface area contributed by atoms with Gasteiger partial charge in [-0.1, -0.05) is 0 Å². The number of esters is 2. The average molecular weight is 481 g/mol. The Balaban J connectivity index is 1.09. The van der Waals surface area contributed by atoms with Gasteiger partial charge in [-0.3, -0.25) is 0 Å². The van der Waals surface area contributed by atoms with Gasteiger partial charge in [-0.15, -0.1) is 0 Å². The molecule has 0 aromatic carbocycles. The second kappa shape index (κ2) is 7.63. The van der Waals surface area contributed by atoms with E-state index < -0.39 is 17.5 Å². The number of alkyl halides is 2. The zero-order valence-corrected chi connectivity index (χ0v) is 20.5. The summed E-state index contributed by atoms with van der Waals surface area (Å²) in [6.07, 6.45) is 11.4. The Labute approximate surface area is 200 Å². The molecular weight excluding hydrogens is 442 g/mol. The summed E-state index contributed by atoms with van der Waals surface area (Å²) in [7, 11) is 0. The van der Waals surface area contributed by atoms with Crippen LogP contribution in [0.15, 0.2) is 0 Å². The maximum Gasteiger partial charge on any atom is 0.376 e. The third-order valence-corrected chi connectivity index (χ3v) is 10.6. The van der Waals surface area contributed by atoms with Crippen LogP contribution in [0.25, 0.3) is 0 Å². The van der Waals surface area contributed by atoms with E-state index >= 15 is 0 Å². The second-order valence-corrected chi connectivity index (χ2v) is 13.4. The number of rotatable bonds is 7. The van der Waals surface area contributed by atoms with Crippen molar-refractivity contribution in [2.45, 2.75) is 102 Å². The van der Waals surface area contributed by atoms with Gasteiger partial charge in [0.25, 0.3) is 0 Å². The minimum Gasteiger partial charge on any atom is -0.461 e. The molecule has 8 fully saturated rings. The van der Waals surface area contributed by atoms with Gasteiger partial charge in [0.15, 0.2) is 0 Å². The molecule has 8 aliphatic rings. The number of ether oxygens (including phenoxy) is 3. The first-order valence-electron chi connectivity index (χ1n) is 13.4. The molecule has 0 spiro atoms. The lowest BCUT2D eigenvalue weighted by Crippen LogP contribution is -2.59. The zero-order valence-electron chi connectivity index (χ0n) is 20.5. The van der Waals surface area contributed by atoms with Crippen molar-refractivity contribution >= 4 is 11.9 Å². The van der Waals surface area contributed by atoms with Gasteiger partial charge in [0.1, 0.15) is 12.2 Å². The van der Waals surface area contributed by atoms with Crippen molar-refractivity contribution in [1.29, 1.82) is 0 Å². The van der Waals surface area contributed by atoms with E-state index in [-0.39, 0.29) is 30.2 Å². The van der Waals surface area contributed by atoms with E-state index in [9.17, 15) is 18.4 Å². The lowest BCUT2D eigenvalue weighted by atomic mass is 9.48. The van der Waals surface area contributed by atoms with E-state index in [1.54, 1.807) is 0 Å². The van der Waals surface area contributed by atoms with Gasteiger partial charge >= 0.3 is 17.9 Å². The standard InChI is InChI=1S/C27H38F2O5/c1-24(20-5-16-3-17(7-20)8-21(24)6-16)34-22(30)13-33-27-11-18-4-19(12-27)10-26(9-18,14-27)15-32-23(31)25(2,28)29/h16-21H,3-15H2,1-2H3. The van der Waals surface area contributed by atoms with Gasteiger partial charge in [-0.25, -0.2) is 9.59 Å². The summed E-state index contributed by atoms with van der Waals surface area (Å²) >= 11 is 0. The maximum atomic E-state index is 13.3. The highest BCUT2D eigenvalue weighted by Gasteiger charge is 2.60. The third kappa shape index (κ3) is 3.88. The quantitative estimate of drug-likeness (QED) is 0.463. The van der Waals surface area contributed by atoms with Crippen molar-refractivity contribution in [3.05, 3.63) is 0 Å². The van der Waals surface area contributed by atoms with Crippen LogP contribution in [0.4, 0.5) is 8.78 Å². The van der Waals surface area contributed by atoms with Crippen LogP contribution in [-0.4, -0.2) is 42.3 Å². The fourth-order valence-corrected chi connectivity index (χ4v) is 9.82. The van der Waals surface area contributed by atoms with Crippen molar-refractivity contribution in [3.8, 4) is 0 Å². The fourth-order valence-electron chi connectivity index (χ4n) is 9.82. The monoisotopic (exact) mass is 480 g/mol. The Kier molecular flexibility index (Phi) is 5.20. The molecule has 0 aromatic rings. The Morgan fingerprint density at radius 3 is 2.00 bits per heavy atom. The van der Waals surface area contributed by atoms with Gasteiger partial charge in [-0.05, 0) is 113 Å². The molecule has 0 aromatic heterocycles. The lowest BCUT2D eigenvalue weighted by molar-refractivity contribution is -0.229. The smallest absolute Gasteiger partial charge is 0.376 e. The first-order chi connectivity index (χ1) is 16.0. The van der Waals surface area contributed by atoms with Crippen LogP contribution in [0.3, 0.4) is 0 Å². The van der Waals surface area contributed by atoms with Crippen LogP contribution in [0, 0.1) is 40.9 Å². The van der Waals surface area contributed by atoms with Gasteiger partial charge in [0.05, 0.1) is 12.2 Å². The molecule has 0 amide bonds. The third-order valence-electron chi connectivity index (χ3n) is 10.6. The summed E-state index contributed by atoms with van der Waals surface area (Å²) in [6, 6.07) is 0. The summed E-state index contributed by atoms with van der Waals surface area (Å²) in [4.78, 5) is 24.8. The zero-order chi connectivity index (χ0) is 23.9. The molecular formula is C27H38F2O5. The Hall–Kier alpha value is -1.24. The molecule has 190 valence electrons. The molecule has 0 N–H and O–H groups in total. The highest BCUT2D eigenvalue weighted by atomic mass is 19.3. The SMILES string of the molecule is CC(F)(F)C(=O)OCC12CC3CC(C1)CC(OCC(=O)OC1(C)C4CC5CC(C4)CC1C5)(C3)C2. The number of halogens is 2. The molecule has 8 rings (SSSR count). The number of carbonyl (C=O) groups is 2. The van der Waals surface area contributed by atoms with E-state index in [4.69, 9.17) is 14.2 Å². The first-order valence-corrected chi connectivity index (χ1v) is 13.4. The average Bonchev–Trinajstić information content (AvgIpc) is 2.73. The summed E-state index contributed by atoms with van der Waals surface area (Å²) in [6.45, 7) is 2.69. The molecule has 7 heteroatoms. The Morgan fingerprint density at radius 1 is 0.882 bits per heavy atom. The summed E-state index contributed by atoms with van der Waals surface area (Å²) < 4.78 is 44.4. The summed E-state index contributed by atoms with van der Waals surface area (Å²) in [5.41, 5.74) is -1.12. The number of carbonyl (C=O) groups excluding carboxylic acids is 2. The van der Waals surface area contributed by atoms with Gasteiger partial charge in [0, 0.05) is 12.3 Å². The van der Waals surface area contributed by atoms with Crippen LogP contribution in [0.1, 0.15) is 84.5 Å². The summed E-state index contributed by atoms with van der Waals surface area (Å²) in [5, 5.41) is 0. The molecule has 5 nitrogen and oxygen atoms in total.